The van der Waals surface area contributed by atoms with E-state index in [0.29, 0.717) is 50.8 Å². The Bertz CT molecular complexity index is 1560. The minimum atomic E-state index is -1.15. The Hall–Kier alpha value is -4.32. The van der Waals surface area contributed by atoms with Crippen LogP contribution in [0.25, 0.3) is 17.0 Å². The van der Waals surface area contributed by atoms with Gasteiger partial charge in [0.05, 0.1) is 22.7 Å². The number of cyclic esters (lactones) is 1. The van der Waals surface area contributed by atoms with E-state index in [1.165, 1.54) is 11.9 Å². The third kappa shape index (κ3) is 7.81. The maximum absolute atomic E-state index is 14.1. The number of hydrogen-bond acceptors (Lipinski definition) is 9. The molecule has 2 aliphatic heterocycles. The minimum absolute atomic E-state index is 0.253. The van der Waals surface area contributed by atoms with E-state index in [-0.39, 0.29) is 23.9 Å². The molecule has 5 rings (SSSR count). The number of hydrogen-bond donors (Lipinski definition) is 3. The number of fused-ring (bicyclic) bond motifs is 4. The Morgan fingerprint density at radius 1 is 1.00 bits per heavy atom. The Balaban J connectivity index is 1.52. The molecule has 1 saturated carbocycles. The molecule has 2 aromatic rings. The van der Waals surface area contributed by atoms with Gasteiger partial charge in [-0.25, -0.2) is 5.43 Å². The van der Waals surface area contributed by atoms with Crippen LogP contribution in [0, 0.1) is 11.3 Å². The number of rotatable bonds is 2. The predicted octanol–water partition coefficient (Wildman–Crippen LogP) is 3.50. The number of benzene rings is 1. The third-order valence-electron chi connectivity index (χ3n) is 9.29. The fourth-order valence-corrected chi connectivity index (χ4v) is 6.49. The first-order valence-electron chi connectivity index (χ1n) is 16.5. The highest BCUT2D eigenvalue weighted by molar-refractivity contribution is 5.92. The molecule has 12 nitrogen and oxygen atoms in total. The largest absolute Gasteiger partial charge is 0.463 e. The highest BCUT2D eigenvalue weighted by atomic mass is 16.6. The molecular formula is C35H45N5O7. The molecule has 4 unspecified atom stereocenters. The molecule has 1 aromatic heterocycles. The van der Waals surface area contributed by atoms with Crippen LogP contribution in [0.4, 0.5) is 0 Å². The maximum atomic E-state index is 14.1. The van der Waals surface area contributed by atoms with Crippen LogP contribution in [-0.2, 0) is 33.4 Å². The number of pyridine rings is 1. The molecule has 1 aliphatic carbocycles. The Morgan fingerprint density at radius 2 is 1.70 bits per heavy atom. The monoisotopic (exact) mass is 647 g/mol. The zero-order valence-electron chi connectivity index (χ0n) is 27.7. The Kier molecular flexibility index (Phi) is 10.3. The van der Waals surface area contributed by atoms with Gasteiger partial charge in [-0.1, -0.05) is 44.2 Å². The van der Waals surface area contributed by atoms with Gasteiger partial charge in [0.25, 0.3) is 11.8 Å². The van der Waals surface area contributed by atoms with E-state index < -0.39 is 47.4 Å². The first-order chi connectivity index (χ1) is 22.3. The Morgan fingerprint density at radius 3 is 2.40 bits per heavy atom. The smallest absolute Gasteiger partial charge is 0.316 e. The first-order valence-corrected chi connectivity index (χ1v) is 16.5. The molecule has 0 radical (unpaired) electrons. The summed E-state index contributed by atoms with van der Waals surface area (Å²) in [5.74, 6) is -2.54. The molecule has 1 saturated heterocycles. The molecule has 3 amide bonds. The van der Waals surface area contributed by atoms with Gasteiger partial charge in [0, 0.05) is 18.9 Å². The van der Waals surface area contributed by atoms with Crippen molar-refractivity contribution in [3.8, 4) is 0 Å². The first kappa shape index (κ1) is 34.0. The quantitative estimate of drug-likeness (QED) is 0.415. The number of aromatic nitrogens is 1. The summed E-state index contributed by atoms with van der Waals surface area (Å²) in [6, 6.07) is 7.66. The van der Waals surface area contributed by atoms with E-state index in [1.54, 1.807) is 20.8 Å². The standard InChI is InChI=1S/C35H45N5O7/c1-20(2)30-32(43)37-22(4)33(44)40-18-6-7-28(39-40)31(42)36-21(3)27-11-10-25-9-8-24(19-29(25)38-27)12-15-35(34(45)47-30)16-13-26(14-17-35)46-23(5)41/h8-12,15,19-22,26,28,30,39H,6-7,13-14,16-18H2,1-5H3,(H,36,42)(H,37,43). The van der Waals surface area contributed by atoms with Gasteiger partial charge < -0.3 is 20.1 Å². The summed E-state index contributed by atoms with van der Waals surface area (Å²) in [7, 11) is 0. The number of carbonyl (C=O) groups is 5. The average Bonchev–Trinajstić information content (AvgIpc) is 3.05. The van der Waals surface area contributed by atoms with Gasteiger partial charge in [-0.05, 0) is 76.0 Å². The van der Waals surface area contributed by atoms with E-state index in [0.717, 1.165) is 16.5 Å². The SMILES string of the molecule is CC(=O)OC1CCC2(C=Cc3ccc4ccc(nc4c3)C(C)NC(=O)C3CCCN(N3)C(=O)C(C)NC(=O)C(C(C)C)OC2=O)CC1. The van der Waals surface area contributed by atoms with Crippen molar-refractivity contribution in [2.75, 3.05) is 6.54 Å². The molecule has 47 heavy (non-hydrogen) atoms. The van der Waals surface area contributed by atoms with E-state index in [1.807, 2.05) is 49.4 Å². The third-order valence-corrected chi connectivity index (χ3v) is 9.29. The lowest BCUT2D eigenvalue weighted by Crippen LogP contribution is -2.61. The van der Waals surface area contributed by atoms with Crippen LogP contribution in [-0.4, -0.2) is 70.5 Å². The number of carbonyl (C=O) groups excluding carboxylic acids is 5. The molecule has 1 spiro atoms. The Labute approximate surface area is 275 Å². The predicted molar refractivity (Wildman–Crippen MR) is 174 cm³/mol. The molecule has 252 valence electrons. The van der Waals surface area contributed by atoms with Crippen molar-refractivity contribution in [2.24, 2.45) is 11.3 Å². The topological polar surface area (TPSA) is 156 Å². The number of hydrazine groups is 1. The summed E-state index contributed by atoms with van der Waals surface area (Å²) in [5, 5.41) is 8.05. The van der Waals surface area contributed by atoms with Crippen molar-refractivity contribution in [2.45, 2.75) is 103 Å². The molecule has 1 aromatic carbocycles. The van der Waals surface area contributed by atoms with Crippen molar-refractivity contribution in [1.82, 2.24) is 26.1 Å². The normalized spacial score (nSPS) is 29.4. The minimum Gasteiger partial charge on any atom is -0.463 e. The maximum Gasteiger partial charge on any atom is 0.316 e. The molecule has 12 heteroatoms. The fraction of sp³-hybridized carbons (Fsp3) is 0.543. The zero-order valence-corrected chi connectivity index (χ0v) is 27.7. The van der Waals surface area contributed by atoms with Gasteiger partial charge in [0.2, 0.25) is 5.91 Å². The van der Waals surface area contributed by atoms with Crippen molar-refractivity contribution in [1.29, 1.82) is 0 Å². The number of amides is 3. The summed E-state index contributed by atoms with van der Waals surface area (Å²) in [5.41, 5.74) is 4.19. The van der Waals surface area contributed by atoms with Crippen molar-refractivity contribution in [3.05, 3.63) is 47.7 Å². The van der Waals surface area contributed by atoms with Gasteiger partial charge >= 0.3 is 11.9 Å². The molecule has 4 atom stereocenters. The van der Waals surface area contributed by atoms with Gasteiger partial charge in [0.1, 0.15) is 18.2 Å². The average molecular weight is 648 g/mol. The lowest BCUT2D eigenvalue weighted by Gasteiger charge is -2.37. The second-order valence-electron chi connectivity index (χ2n) is 13.3. The summed E-state index contributed by atoms with van der Waals surface area (Å²) < 4.78 is 11.4. The van der Waals surface area contributed by atoms with E-state index in [2.05, 4.69) is 16.1 Å². The molecule has 2 fully saturated rings. The van der Waals surface area contributed by atoms with Crippen molar-refractivity contribution in [3.63, 3.8) is 0 Å². The van der Waals surface area contributed by atoms with Gasteiger partial charge in [0.15, 0.2) is 6.10 Å². The molecule has 3 aliphatic rings. The van der Waals surface area contributed by atoms with Gasteiger partial charge in [-0.15, -0.1) is 0 Å². The van der Waals surface area contributed by atoms with Gasteiger partial charge in [-0.2, -0.15) is 0 Å². The van der Waals surface area contributed by atoms with Crippen LogP contribution in [0.1, 0.15) is 90.4 Å². The number of nitrogens with zero attached hydrogens (tertiary/aromatic N) is 2. The molecule has 5 bridgehead atoms. The lowest BCUT2D eigenvalue weighted by molar-refractivity contribution is -0.169. The summed E-state index contributed by atoms with van der Waals surface area (Å²) in [6.45, 7) is 8.72. The zero-order chi connectivity index (χ0) is 33.9. The summed E-state index contributed by atoms with van der Waals surface area (Å²) in [6.07, 6.45) is 5.00. The second kappa shape index (κ2) is 14.2. The highest BCUT2D eigenvalue weighted by Gasteiger charge is 2.44. The summed E-state index contributed by atoms with van der Waals surface area (Å²) in [4.78, 5) is 70.7. The van der Waals surface area contributed by atoms with Crippen LogP contribution in [0.3, 0.4) is 0 Å². The van der Waals surface area contributed by atoms with E-state index >= 15 is 0 Å². The summed E-state index contributed by atoms with van der Waals surface area (Å²) >= 11 is 0. The van der Waals surface area contributed by atoms with Crippen molar-refractivity contribution >= 4 is 46.6 Å². The molecule has 3 N–H and O–H groups in total. The van der Waals surface area contributed by atoms with Crippen molar-refractivity contribution < 1.29 is 33.4 Å². The van der Waals surface area contributed by atoms with Crippen LogP contribution >= 0.6 is 0 Å². The highest BCUT2D eigenvalue weighted by Crippen LogP contribution is 2.41. The second-order valence-corrected chi connectivity index (χ2v) is 13.3. The van der Waals surface area contributed by atoms with Crippen LogP contribution < -0.4 is 16.1 Å². The number of nitrogens with one attached hydrogen (secondary N) is 3. The van der Waals surface area contributed by atoms with Crippen LogP contribution in [0.15, 0.2) is 36.4 Å². The lowest BCUT2D eigenvalue weighted by atomic mass is 9.72. The van der Waals surface area contributed by atoms with Crippen LogP contribution in [0.5, 0.6) is 0 Å². The molecule has 3 heterocycles. The van der Waals surface area contributed by atoms with Gasteiger partial charge in [-0.3, -0.25) is 34.0 Å². The molecular weight excluding hydrogens is 602 g/mol. The van der Waals surface area contributed by atoms with E-state index in [9.17, 15) is 24.0 Å². The fourth-order valence-electron chi connectivity index (χ4n) is 6.49. The van der Waals surface area contributed by atoms with E-state index in [4.69, 9.17) is 14.5 Å². The number of ether oxygens (including phenoxy) is 2. The van der Waals surface area contributed by atoms with Crippen LogP contribution in [0.2, 0.25) is 0 Å². The number of esters is 2.